The number of benzene rings is 1. The van der Waals surface area contributed by atoms with Crippen molar-refractivity contribution in [3.63, 3.8) is 0 Å². The molecule has 0 spiro atoms. The summed E-state index contributed by atoms with van der Waals surface area (Å²) in [6, 6.07) is 5.91. The van der Waals surface area contributed by atoms with Gasteiger partial charge in [-0.15, -0.1) is 0 Å². The zero-order chi connectivity index (χ0) is 11.4. The Morgan fingerprint density at radius 1 is 1.56 bits per heavy atom. The van der Waals surface area contributed by atoms with E-state index in [0.717, 1.165) is 6.42 Å². The average Bonchev–Trinajstić information content (AvgIpc) is 2.79. The second-order valence-corrected chi connectivity index (χ2v) is 3.96. The fraction of sp³-hybridized carbons (Fsp3) is 0.500. The molecule has 0 saturated carbocycles. The van der Waals surface area contributed by atoms with E-state index in [1.54, 1.807) is 12.1 Å². The molecule has 0 radical (unpaired) electrons. The van der Waals surface area contributed by atoms with E-state index < -0.39 is 6.10 Å². The zero-order valence-electron chi connectivity index (χ0n) is 8.93. The molecule has 1 aromatic carbocycles. The quantitative estimate of drug-likeness (QED) is 0.847. The molecule has 2 atom stereocenters. The summed E-state index contributed by atoms with van der Waals surface area (Å²) < 4.78 is 23.3. The standard InChI is InChI=1S/C12H15FO3/c13-10-2-1-3-11(6-10)16-8-12(14)9-4-5-15-7-9/h1-3,6,9,12,14H,4-5,7-8H2. The number of halogens is 1. The van der Waals surface area contributed by atoms with Crippen molar-refractivity contribution in [1.82, 2.24) is 0 Å². The van der Waals surface area contributed by atoms with E-state index >= 15 is 0 Å². The van der Waals surface area contributed by atoms with Crippen LogP contribution in [-0.4, -0.2) is 31.0 Å². The Labute approximate surface area is 93.8 Å². The molecule has 1 aliphatic rings. The summed E-state index contributed by atoms with van der Waals surface area (Å²) in [5.41, 5.74) is 0. The van der Waals surface area contributed by atoms with E-state index in [2.05, 4.69) is 0 Å². The lowest BCUT2D eigenvalue weighted by Crippen LogP contribution is -2.27. The molecular weight excluding hydrogens is 211 g/mol. The minimum Gasteiger partial charge on any atom is -0.491 e. The van der Waals surface area contributed by atoms with E-state index in [1.807, 2.05) is 0 Å². The Morgan fingerprint density at radius 3 is 3.12 bits per heavy atom. The molecule has 88 valence electrons. The van der Waals surface area contributed by atoms with Gasteiger partial charge in [0.2, 0.25) is 0 Å². The average molecular weight is 226 g/mol. The zero-order valence-corrected chi connectivity index (χ0v) is 8.93. The molecule has 16 heavy (non-hydrogen) atoms. The second kappa shape index (κ2) is 5.27. The molecule has 2 unspecified atom stereocenters. The summed E-state index contributed by atoms with van der Waals surface area (Å²) in [6.07, 6.45) is 0.305. The van der Waals surface area contributed by atoms with Crippen molar-refractivity contribution in [3.05, 3.63) is 30.1 Å². The lowest BCUT2D eigenvalue weighted by Gasteiger charge is -2.16. The Morgan fingerprint density at radius 2 is 2.44 bits per heavy atom. The maximum absolute atomic E-state index is 12.8. The summed E-state index contributed by atoms with van der Waals surface area (Å²) in [6.45, 7) is 1.45. The van der Waals surface area contributed by atoms with Crippen LogP contribution < -0.4 is 4.74 Å². The molecule has 1 aliphatic heterocycles. The molecule has 1 saturated heterocycles. The highest BCUT2D eigenvalue weighted by atomic mass is 19.1. The van der Waals surface area contributed by atoms with Crippen LogP contribution in [-0.2, 0) is 4.74 Å². The van der Waals surface area contributed by atoms with Gasteiger partial charge in [0, 0.05) is 18.6 Å². The number of aliphatic hydroxyl groups excluding tert-OH is 1. The van der Waals surface area contributed by atoms with Crippen LogP contribution in [0.5, 0.6) is 5.75 Å². The van der Waals surface area contributed by atoms with Crippen molar-refractivity contribution in [1.29, 1.82) is 0 Å². The predicted octanol–water partition coefficient (Wildman–Crippen LogP) is 1.60. The smallest absolute Gasteiger partial charge is 0.126 e. The van der Waals surface area contributed by atoms with Crippen LogP contribution in [0.3, 0.4) is 0 Å². The maximum atomic E-state index is 12.8. The number of rotatable bonds is 4. The van der Waals surface area contributed by atoms with Crippen LogP contribution in [0.15, 0.2) is 24.3 Å². The van der Waals surface area contributed by atoms with Gasteiger partial charge in [0.15, 0.2) is 0 Å². The Kier molecular flexibility index (Phi) is 3.74. The summed E-state index contributed by atoms with van der Waals surface area (Å²) in [5.74, 6) is 0.239. The highest BCUT2D eigenvalue weighted by Gasteiger charge is 2.24. The monoisotopic (exact) mass is 226 g/mol. The first kappa shape index (κ1) is 11.4. The van der Waals surface area contributed by atoms with Gasteiger partial charge >= 0.3 is 0 Å². The van der Waals surface area contributed by atoms with Gasteiger partial charge in [0.25, 0.3) is 0 Å². The summed E-state index contributed by atoms with van der Waals surface area (Å²) in [7, 11) is 0. The largest absolute Gasteiger partial charge is 0.491 e. The van der Waals surface area contributed by atoms with Gasteiger partial charge in [-0.3, -0.25) is 0 Å². The van der Waals surface area contributed by atoms with Crippen LogP contribution in [0.25, 0.3) is 0 Å². The van der Waals surface area contributed by atoms with Gasteiger partial charge in [-0.05, 0) is 18.6 Å². The van der Waals surface area contributed by atoms with Gasteiger partial charge in [-0.2, -0.15) is 0 Å². The first-order valence-corrected chi connectivity index (χ1v) is 5.40. The van der Waals surface area contributed by atoms with Gasteiger partial charge in [-0.25, -0.2) is 4.39 Å². The summed E-state index contributed by atoms with van der Waals surface area (Å²) >= 11 is 0. The van der Waals surface area contributed by atoms with Crippen molar-refractivity contribution in [2.24, 2.45) is 5.92 Å². The van der Waals surface area contributed by atoms with Crippen LogP contribution in [0, 0.1) is 11.7 Å². The number of hydrogen-bond donors (Lipinski definition) is 1. The van der Waals surface area contributed by atoms with Gasteiger partial charge in [-0.1, -0.05) is 6.07 Å². The molecule has 0 bridgehead atoms. The molecule has 1 aromatic rings. The Balaban J connectivity index is 1.82. The van der Waals surface area contributed by atoms with Crippen LogP contribution >= 0.6 is 0 Å². The highest BCUT2D eigenvalue weighted by Crippen LogP contribution is 2.18. The van der Waals surface area contributed by atoms with Crippen molar-refractivity contribution in [3.8, 4) is 5.75 Å². The third-order valence-electron chi connectivity index (χ3n) is 2.73. The Hall–Kier alpha value is -1.13. The molecule has 0 amide bonds. The lowest BCUT2D eigenvalue weighted by molar-refractivity contribution is 0.0498. The molecule has 4 heteroatoms. The first-order valence-electron chi connectivity index (χ1n) is 5.40. The van der Waals surface area contributed by atoms with Crippen LogP contribution in [0.4, 0.5) is 4.39 Å². The topological polar surface area (TPSA) is 38.7 Å². The van der Waals surface area contributed by atoms with Gasteiger partial charge < -0.3 is 14.6 Å². The second-order valence-electron chi connectivity index (χ2n) is 3.96. The van der Waals surface area contributed by atoms with Crippen LogP contribution in [0.2, 0.25) is 0 Å². The Bertz CT molecular complexity index is 337. The van der Waals surface area contributed by atoms with E-state index in [-0.39, 0.29) is 18.3 Å². The molecule has 0 aromatic heterocycles. The van der Waals surface area contributed by atoms with Crippen molar-refractivity contribution in [2.75, 3.05) is 19.8 Å². The molecule has 2 rings (SSSR count). The van der Waals surface area contributed by atoms with Crippen molar-refractivity contribution >= 4 is 0 Å². The van der Waals surface area contributed by atoms with Crippen molar-refractivity contribution in [2.45, 2.75) is 12.5 Å². The van der Waals surface area contributed by atoms with E-state index in [1.165, 1.54) is 12.1 Å². The molecule has 1 heterocycles. The third-order valence-corrected chi connectivity index (χ3v) is 2.73. The van der Waals surface area contributed by atoms with E-state index in [9.17, 15) is 9.50 Å². The molecule has 1 fully saturated rings. The van der Waals surface area contributed by atoms with Gasteiger partial charge in [0.1, 0.15) is 18.2 Å². The first-order chi connectivity index (χ1) is 7.75. The highest BCUT2D eigenvalue weighted by molar-refractivity contribution is 5.22. The number of aliphatic hydroxyl groups is 1. The summed E-state index contributed by atoms with van der Waals surface area (Å²) in [4.78, 5) is 0. The van der Waals surface area contributed by atoms with Crippen molar-refractivity contribution < 1.29 is 19.0 Å². The normalized spacial score (nSPS) is 22.0. The fourth-order valence-electron chi connectivity index (χ4n) is 1.73. The molecule has 0 aliphatic carbocycles. The molecule has 1 N–H and O–H groups in total. The maximum Gasteiger partial charge on any atom is 0.126 e. The summed E-state index contributed by atoms with van der Waals surface area (Å²) in [5, 5.41) is 9.78. The number of ether oxygens (including phenoxy) is 2. The van der Waals surface area contributed by atoms with Crippen LogP contribution in [0.1, 0.15) is 6.42 Å². The van der Waals surface area contributed by atoms with E-state index in [4.69, 9.17) is 9.47 Å². The number of hydrogen-bond acceptors (Lipinski definition) is 3. The van der Waals surface area contributed by atoms with Gasteiger partial charge in [0.05, 0.1) is 12.7 Å². The predicted molar refractivity (Wildman–Crippen MR) is 56.8 cm³/mol. The van der Waals surface area contributed by atoms with E-state index in [0.29, 0.717) is 19.0 Å². The lowest BCUT2D eigenvalue weighted by atomic mass is 10.0. The SMILES string of the molecule is OC(COc1cccc(F)c1)C1CCOC1. The molecular formula is C12H15FO3. The fourth-order valence-corrected chi connectivity index (χ4v) is 1.73. The minimum absolute atomic E-state index is 0.133. The minimum atomic E-state index is -0.550. The third kappa shape index (κ3) is 2.93. The molecule has 3 nitrogen and oxygen atoms in total.